The van der Waals surface area contributed by atoms with Gasteiger partial charge in [-0.3, -0.25) is 4.57 Å². The predicted molar refractivity (Wildman–Crippen MR) is 86.0 cm³/mol. The fourth-order valence-corrected chi connectivity index (χ4v) is 2.74. The Labute approximate surface area is 132 Å². The molecule has 1 aromatic carbocycles. The molecule has 0 bridgehead atoms. The van der Waals surface area contributed by atoms with E-state index in [4.69, 9.17) is 16.3 Å². The van der Waals surface area contributed by atoms with Crippen LogP contribution in [0.5, 0.6) is 0 Å². The Morgan fingerprint density at radius 1 is 1.50 bits per heavy atom. The van der Waals surface area contributed by atoms with Crippen molar-refractivity contribution < 1.29 is 4.74 Å². The zero-order chi connectivity index (χ0) is 14.7. The molecule has 0 amide bonds. The molecule has 1 N–H and O–H groups in total. The number of ether oxygens (including phenoxy) is 1. The number of hydrogen-bond donors (Lipinski definition) is 1. The van der Waals surface area contributed by atoms with Gasteiger partial charge in [-0.25, -0.2) is 4.98 Å². The molecule has 0 aliphatic heterocycles. The van der Waals surface area contributed by atoms with Gasteiger partial charge in [-0.15, -0.1) is 0 Å². The molecular formula is C14H17BrClN3O. The van der Waals surface area contributed by atoms with Crippen LogP contribution in [0.4, 0.5) is 5.95 Å². The summed E-state index contributed by atoms with van der Waals surface area (Å²) in [4.78, 5) is 4.50. The van der Waals surface area contributed by atoms with Crippen molar-refractivity contribution in [2.75, 3.05) is 19.0 Å². The average molecular weight is 359 g/mol. The first kappa shape index (κ1) is 15.4. The Hall–Kier alpha value is -1.04. The Bertz CT molecular complexity index is 600. The maximum absolute atomic E-state index is 6.31. The molecule has 1 atom stereocenters. The summed E-state index contributed by atoms with van der Waals surface area (Å²) in [5.74, 6) is 0.760. The maximum atomic E-state index is 6.31. The average Bonchev–Trinajstić information content (AvgIpc) is 2.70. The van der Waals surface area contributed by atoms with E-state index in [2.05, 4.69) is 26.2 Å². The molecule has 0 saturated heterocycles. The molecule has 108 valence electrons. The van der Waals surface area contributed by atoms with Crippen LogP contribution >= 0.6 is 27.5 Å². The van der Waals surface area contributed by atoms with E-state index in [1.54, 1.807) is 7.11 Å². The van der Waals surface area contributed by atoms with Crippen LogP contribution in [0, 0.1) is 6.92 Å². The lowest BCUT2D eigenvalue weighted by Crippen LogP contribution is -2.22. The summed E-state index contributed by atoms with van der Waals surface area (Å²) in [5, 5.41) is 3.99. The molecule has 20 heavy (non-hydrogen) atoms. The van der Waals surface area contributed by atoms with Crippen LogP contribution < -0.4 is 5.32 Å². The van der Waals surface area contributed by atoms with E-state index in [9.17, 15) is 0 Å². The quantitative estimate of drug-likeness (QED) is 0.876. The van der Waals surface area contributed by atoms with E-state index in [0.29, 0.717) is 11.6 Å². The molecule has 0 saturated carbocycles. The van der Waals surface area contributed by atoms with Gasteiger partial charge in [-0.1, -0.05) is 27.5 Å². The molecule has 1 heterocycles. The molecule has 2 aromatic rings. The summed E-state index contributed by atoms with van der Waals surface area (Å²) in [7, 11) is 1.68. The smallest absolute Gasteiger partial charge is 0.208 e. The lowest BCUT2D eigenvalue weighted by Gasteiger charge is -2.16. The first-order valence-electron chi connectivity index (χ1n) is 6.28. The van der Waals surface area contributed by atoms with Crippen molar-refractivity contribution in [1.82, 2.24) is 9.55 Å². The molecule has 0 fully saturated rings. The number of anilines is 1. The van der Waals surface area contributed by atoms with Crippen molar-refractivity contribution in [1.29, 1.82) is 0 Å². The Kier molecular flexibility index (Phi) is 5.07. The fourth-order valence-electron chi connectivity index (χ4n) is 1.97. The topological polar surface area (TPSA) is 39.1 Å². The third-order valence-corrected chi connectivity index (χ3v) is 3.58. The van der Waals surface area contributed by atoms with Gasteiger partial charge in [0.2, 0.25) is 5.95 Å². The Morgan fingerprint density at radius 3 is 2.90 bits per heavy atom. The highest BCUT2D eigenvalue weighted by Crippen LogP contribution is 2.27. The van der Waals surface area contributed by atoms with E-state index in [-0.39, 0.29) is 6.04 Å². The van der Waals surface area contributed by atoms with E-state index in [0.717, 1.165) is 21.8 Å². The lowest BCUT2D eigenvalue weighted by atomic mass is 10.3. The second-order valence-electron chi connectivity index (χ2n) is 4.67. The first-order chi connectivity index (χ1) is 9.51. The van der Waals surface area contributed by atoms with Gasteiger partial charge in [0.15, 0.2) is 0 Å². The van der Waals surface area contributed by atoms with Gasteiger partial charge in [0.25, 0.3) is 0 Å². The van der Waals surface area contributed by atoms with Crippen molar-refractivity contribution >= 4 is 33.5 Å². The highest BCUT2D eigenvalue weighted by atomic mass is 79.9. The van der Waals surface area contributed by atoms with E-state index < -0.39 is 0 Å². The molecule has 0 aliphatic carbocycles. The second-order valence-corrected chi connectivity index (χ2v) is 6.00. The van der Waals surface area contributed by atoms with Crippen molar-refractivity contribution in [2.45, 2.75) is 19.9 Å². The van der Waals surface area contributed by atoms with Crippen LogP contribution in [0.25, 0.3) is 5.69 Å². The minimum Gasteiger partial charge on any atom is -0.383 e. The van der Waals surface area contributed by atoms with Crippen LogP contribution in [0.15, 0.2) is 28.9 Å². The van der Waals surface area contributed by atoms with Crippen LogP contribution in [0.3, 0.4) is 0 Å². The van der Waals surface area contributed by atoms with Gasteiger partial charge in [0.05, 0.1) is 23.0 Å². The van der Waals surface area contributed by atoms with Crippen molar-refractivity contribution in [3.05, 3.63) is 39.6 Å². The predicted octanol–water partition coefficient (Wildman–Crippen LogP) is 4.04. The standard InChI is InChI=1S/C14H17BrClN3O/c1-9-7-19(13-5-4-11(15)6-12(13)16)14(17-9)18-10(2)8-20-3/h4-7,10H,8H2,1-3H3,(H,17,18). The number of rotatable bonds is 5. The van der Waals surface area contributed by atoms with Crippen LogP contribution in [0.2, 0.25) is 5.02 Å². The molecule has 6 heteroatoms. The lowest BCUT2D eigenvalue weighted by molar-refractivity contribution is 0.190. The van der Waals surface area contributed by atoms with Crippen LogP contribution in [0.1, 0.15) is 12.6 Å². The maximum Gasteiger partial charge on any atom is 0.208 e. The molecule has 2 rings (SSSR count). The van der Waals surface area contributed by atoms with Gasteiger partial charge in [-0.05, 0) is 32.0 Å². The van der Waals surface area contributed by atoms with E-state index in [1.807, 2.05) is 42.8 Å². The Morgan fingerprint density at radius 2 is 2.25 bits per heavy atom. The summed E-state index contributed by atoms with van der Waals surface area (Å²) in [6.45, 7) is 4.61. The minimum absolute atomic E-state index is 0.162. The monoisotopic (exact) mass is 357 g/mol. The van der Waals surface area contributed by atoms with E-state index in [1.165, 1.54) is 0 Å². The summed E-state index contributed by atoms with van der Waals surface area (Å²) in [5.41, 5.74) is 1.82. The number of methoxy groups -OCH3 is 1. The van der Waals surface area contributed by atoms with E-state index >= 15 is 0 Å². The van der Waals surface area contributed by atoms with Gasteiger partial charge in [0, 0.05) is 23.8 Å². The van der Waals surface area contributed by atoms with Gasteiger partial charge < -0.3 is 10.1 Å². The second kappa shape index (κ2) is 6.61. The van der Waals surface area contributed by atoms with Crippen molar-refractivity contribution in [3.8, 4) is 5.69 Å². The number of halogens is 2. The van der Waals surface area contributed by atoms with Gasteiger partial charge in [0.1, 0.15) is 0 Å². The summed E-state index contributed by atoms with van der Waals surface area (Å²) in [6, 6.07) is 5.95. The summed E-state index contributed by atoms with van der Waals surface area (Å²) in [6.07, 6.45) is 1.96. The number of aromatic nitrogens is 2. The highest BCUT2D eigenvalue weighted by molar-refractivity contribution is 9.10. The normalized spacial score (nSPS) is 12.4. The number of aryl methyl sites for hydroxylation is 1. The number of benzene rings is 1. The van der Waals surface area contributed by atoms with Gasteiger partial charge >= 0.3 is 0 Å². The molecule has 4 nitrogen and oxygen atoms in total. The number of nitrogens with zero attached hydrogens (tertiary/aromatic N) is 2. The molecule has 0 aliphatic rings. The van der Waals surface area contributed by atoms with Gasteiger partial charge in [-0.2, -0.15) is 0 Å². The largest absolute Gasteiger partial charge is 0.383 e. The molecule has 1 unspecified atom stereocenters. The number of imidazole rings is 1. The Balaban J connectivity index is 2.36. The summed E-state index contributed by atoms with van der Waals surface area (Å²) < 4.78 is 8.04. The highest BCUT2D eigenvalue weighted by Gasteiger charge is 2.12. The molecule has 1 aromatic heterocycles. The molecule has 0 spiro atoms. The zero-order valence-electron chi connectivity index (χ0n) is 11.7. The SMILES string of the molecule is COCC(C)Nc1nc(C)cn1-c1ccc(Br)cc1Cl. The summed E-state index contributed by atoms with van der Waals surface area (Å²) >= 11 is 9.72. The minimum atomic E-state index is 0.162. The first-order valence-corrected chi connectivity index (χ1v) is 7.45. The zero-order valence-corrected chi connectivity index (χ0v) is 14.0. The van der Waals surface area contributed by atoms with Crippen molar-refractivity contribution in [2.24, 2.45) is 0 Å². The third-order valence-electron chi connectivity index (χ3n) is 2.79. The fraction of sp³-hybridized carbons (Fsp3) is 0.357. The third kappa shape index (κ3) is 3.53. The van der Waals surface area contributed by atoms with Crippen LogP contribution in [-0.4, -0.2) is 29.3 Å². The number of hydrogen-bond acceptors (Lipinski definition) is 3. The molecular weight excluding hydrogens is 342 g/mol. The number of nitrogens with one attached hydrogen (secondary N) is 1. The van der Waals surface area contributed by atoms with Crippen LogP contribution in [-0.2, 0) is 4.74 Å². The molecule has 0 radical (unpaired) electrons. The van der Waals surface area contributed by atoms with Crippen molar-refractivity contribution in [3.63, 3.8) is 0 Å².